The normalized spacial score (nSPS) is 10.3. The van der Waals surface area contributed by atoms with Crippen LogP contribution in [0.4, 0.5) is 0 Å². The fourth-order valence-corrected chi connectivity index (χ4v) is 1.64. The molecule has 1 heterocycles. The van der Waals surface area contributed by atoms with Crippen LogP contribution < -0.4 is 0 Å². The van der Waals surface area contributed by atoms with Gasteiger partial charge < -0.3 is 4.57 Å². The van der Waals surface area contributed by atoms with Crippen LogP contribution >= 0.6 is 0 Å². The highest BCUT2D eigenvalue weighted by Gasteiger charge is 2.02. The van der Waals surface area contributed by atoms with Crippen LogP contribution in [-0.4, -0.2) is 10.4 Å². The molecule has 2 rings (SSSR count). The van der Waals surface area contributed by atoms with E-state index in [-0.39, 0.29) is 5.78 Å². The van der Waals surface area contributed by atoms with Gasteiger partial charge in [-0.1, -0.05) is 24.3 Å². The van der Waals surface area contributed by atoms with Crippen LogP contribution in [0.15, 0.2) is 42.6 Å². The number of aryl methyl sites for hydroxylation is 1. The van der Waals surface area contributed by atoms with E-state index in [0.717, 1.165) is 16.8 Å². The number of carbonyl (C=O) groups excluding carboxylic acids is 1. The van der Waals surface area contributed by atoms with Gasteiger partial charge in [-0.25, -0.2) is 0 Å². The van der Waals surface area contributed by atoms with Crippen molar-refractivity contribution in [1.82, 2.24) is 4.57 Å². The van der Waals surface area contributed by atoms with E-state index in [4.69, 9.17) is 0 Å². The van der Waals surface area contributed by atoms with E-state index in [1.807, 2.05) is 43.6 Å². The number of hydrogen-bond acceptors (Lipinski definition) is 1. The molecule has 0 N–H and O–H groups in total. The molecule has 0 fully saturated rings. The minimum absolute atomic E-state index is 0.105. The van der Waals surface area contributed by atoms with Crippen molar-refractivity contribution < 1.29 is 4.79 Å². The van der Waals surface area contributed by atoms with Crippen molar-refractivity contribution >= 4 is 5.78 Å². The molecule has 2 aromatic rings. The van der Waals surface area contributed by atoms with E-state index >= 15 is 0 Å². The third-order valence-electron chi connectivity index (χ3n) is 2.53. The zero-order valence-corrected chi connectivity index (χ0v) is 8.90. The Labute approximate surface area is 89.2 Å². The van der Waals surface area contributed by atoms with Crippen molar-refractivity contribution in [3.63, 3.8) is 0 Å². The largest absolute Gasteiger partial charge is 0.351 e. The topological polar surface area (TPSA) is 22.0 Å². The quantitative estimate of drug-likeness (QED) is 0.682. The van der Waals surface area contributed by atoms with E-state index in [1.54, 1.807) is 6.92 Å². The first-order valence-corrected chi connectivity index (χ1v) is 4.91. The number of ketones is 1. The zero-order valence-electron chi connectivity index (χ0n) is 8.90. The molecule has 0 aliphatic rings. The third-order valence-corrected chi connectivity index (χ3v) is 2.53. The summed E-state index contributed by atoms with van der Waals surface area (Å²) in [5, 5.41) is 0. The lowest BCUT2D eigenvalue weighted by molar-refractivity contribution is 0.101. The maximum absolute atomic E-state index is 11.1. The monoisotopic (exact) mass is 199 g/mol. The van der Waals surface area contributed by atoms with E-state index in [1.165, 1.54) is 0 Å². The SMILES string of the molecule is CC(=O)c1ccc(-c2cccn2C)cc1. The molecule has 15 heavy (non-hydrogen) atoms. The standard InChI is InChI=1S/C13H13NO/c1-10(15)11-5-7-12(8-6-11)13-4-3-9-14(13)2/h3-9H,1-2H3. The fraction of sp³-hybridized carbons (Fsp3) is 0.154. The molecule has 0 amide bonds. The Kier molecular flexibility index (Phi) is 2.42. The molecule has 0 aliphatic heterocycles. The number of hydrogen-bond donors (Lipinski definition) is 0. The van der Waals surface area contributed by atoms with Crippen molar-refractivity contribution in [3.8, 4) is 11.3 Å². The number of benzene rings is 1. The summed E-state index contributed by atoms with van der Waals surface area (Å²) in [6.45, 7) is 1.58. The summed E-state index contributed by atoms with van der Waals surface area (Å²) < 4.78 is 2.06. The van der Waals surface area contributed by atoms with E-state index in [2.05, 4.69) is 10.6 Å². The summed E-state index contributed by atoms with van der Waals surface area (Å²) >= 11 is 0. The summed E-state index contributed by atoms with van der Waals surface area (Å²) in [6.07, 6.45) is 2.01. The second-order valence-corrected chi connectivity index (χ2v) is 3.64. The van der Waals surface area contributed by atoms with Crippen molar-refractivity contribution in [2.45, 2.75) is 6.92 Å². The van der Waals surface area contributed by atoms with Crippen molar-refractivity contribution in [2.75, 3.05) is 0 Å². The number of Topliss-reactive ketones (excluding diaryl/α,β-unsaturated/α-hetero) is 1. The first-order valence-electron chi connectivity index (χ1n) is 4.91. The molecule has 0 atom stereocenters. The third kappa shape index (κ3) is 1.84. The smallest absolute Gasteiger partial charge is 0.159 e. The highest BCUT2D eigenvalue weighted by Crippen LogP contribution is 2.19. The number of rotatable bonds is 2. The highest BCUT2D eigenvalue weighted by atomic mass is 16.1. The first kappa shape index (κ1) is 9.71. The Hall–Kier alpha value is -1.83. The molecule has 0 saturated carbocycles. The molecule has 2 nitrogen and oxygen atoms in total. The molecular weight excluding hydrogens is 186 g/mol. The summed E-state index contributed by atoms with van der Waals surface area (Å²) in [4.78, 5) is 11.1. The molecule has 2 heteroatoms. The fourth-order valence-electron chi connectivity index (χ4n) is 1.64. The van der Waals surface area contributed by atoms with Gasteiger partial charge >= 0.3 is 0 Å². The van der Waals surface area contributed by atoms with Gasteiger partial charge in [0.25, 0.3) is 0 Å². The van der Waals surface area contributed by atoms with Gasteiger partial charge in [-0.15, -0.1) is 0 Å². The molecule has 0 bridgehead atoms. The Morgan fingerprint density at radius 2 is 1.80 bits per heavy atom. The van der Waals surface area contributed by atoms with Crippen LogP contribution in [0.3, 0.4) is 0 Å². The molecule has 0 aliphatic carbocycles. The van der Waals surface area contributed by atoms with Crippen molar-refractivity contribution in [1.29, 1.82) is 0 Å². The number of nitrogens with zero attached hydrogens (tertiary/aromatic N) is 1. The average molecular weight is 199 g/mol. The lowest BCUT2D eigenvalue weighted by Crippen LogP contribution is -1.93. The van der Waals surface area contributed by atoms with Gasteiger partial charge in [-0.3, -0.25) is 4.79 Å². The Bertz CT molecular complexity index is 479. The lowest BCUT2D eigenvalue weighted by Gasteiger charge is -2.03. The van der Waals surface area contributed by atoms with Gasteiger partial charge in [0, 0.05) is 24.5 Å². The molecule has 0 radical (unpaired) electrons. The second kappa shape index (κ2) is 3.73. The van der Waals surface area contributed by atoms with Gasteiger partial charge in [-0.2, -0.15) is 0 Å². The van der Waals surface area contributed by atoms with Crippen LogP contribution in [0.2, 0.25) is 0 Å². The molecule has 76 valence electrons. The minimum atomic E-state index is 0.105. The predicted molar refractivity (Wildman–Crippen MR) is 60.9 cm³/mol. The van der Waals surface area contributed by atoms with Crippen LogP contribution in [-0.2, 0) is 7.05 Å². The van der Waals surface area contributed by atoms with Gasteiger partial charge in [0.15, 0.2) is 5.78 Å². The van der Waals surface area contributed by atoms with Gasteiger partial charge in [0.05, 0.1) is 0 Å². The predicted octanol–water partition coefficient (Wildman–Crippen LogP) is 2.89. The van der Waals surface area contributed by atoms with E-state index in [0.29, 0.717) is 0 Å². The molecule has 1 aromatic carbocycles. The van der Waals surface area contributed by atoms with E-state index < -0.39 is 0 Å². The van der Waals surface area contributed by atoms with E-state index in [9.17, 15) is 4.79 Å². The van der Waals surface area contributed by atoms with Crippen molar-refractivity contribution in [3.05, 3.63) is 48.2 Å². The minimum Gasteiger partial charge on any atom is -0.351 e. The van der Waals surface area contributed by atoms with Crippen LogP contribution in [0.25, 0.3) is 11.3 Å². The summed E-state index contributed by atoms with van der Waals surface area (Å²) in [5.41, 5.74) is 3.05. The van der Waals surface area contributed by atoms with Gasteiger partial charge in [-0.05, 0) is 24.6 Å². The number of aromatic nitrogens is 1. The summed E-state index contributed by atoms with van der Waals surface area (Å²) in [7, 11) is 2.01. The van der Waals surface area contributed by atoms with Gasteiger partial charge in [0.2, 0.25) is 0 Å². The Morgan fingerprint density at radius 3 is 2.27 bits per heavy atom. The van der Waals surface area contributed by atoms with Crippen LogP contribution in [0.5, 0.6) is 0 Å². The second-order valence-electron chi connectivity index (χ2n) is 3.64. The number of carbonyl (C=O) groups is 1. The maximum atomic E-state index is 11.1. The zero-order chi connectivity index (χ0) is 10.8. The average Bonchev–Trinajstić information content (AvgIpc) is 2.65. The summed E-state index contributed by atoms with van der Waals surface area (Å²) in [5.74, 6) is 0.105. The highest BCUT2D eigenvalue weighted by molar-refractivity contribution is 5.94. The Morgan fingerprint density at radius 1 is 1.13 bits per heavy atom. The molecule has 0 saturated heterocycles. The lowest BCUT2D eigenvalue weighted by atomic mass is 10.1. The van der Waals surface area contributed by atoms with Crippen LogP contribution in [0.1, 0.15) is 17.3 Å². The summed E-state index contributed by atoms with van der Waals surface area (Å²) in [6, 6.07) is 11.8. The first-order chi connectivity index (χ1) is 7.18. The maximum Gasteiger partial charge on any atom is 0.159 e. The molecular formula is C13H13NO. The molecule has 1 aromatic heterocycles. The molecule has 0 spiro atoms. The van der Waals surface area contributed by atoms with Crippen LogP contribution in [0, 0.1) is 0 Å². The molecule has 0 unspecified atom stereocenters. The Balaban J connectivity index is 2.40. The van der Waals surface area contributed by atoms with Crippen molar-refractivity contribution in [2.24, 2.45) is 7.05 Å². The van der Waals surface area contributed by atoms with Gasteiger partial charge in [0.1, 0.15) is 0 Å².